The van der Waals surface area contributed by atoms with Crippen LogP contribution in [0.2, 0.25) is 5.15 Å². The highest BCUT2D eigenvalue weighted by Crippen LogP contribution is 2.22. The molecule has 1 aromatic carbocycles. The van der Waals surface area contributed by atoms with Crippen molar-refractivity contribution in [3.05, 3.63) is 41.2 Å². The summed E-state index contributed by atoms with van der Waals surface area (Å²) >= 11 is 6.10. The molecule has 0 fully saturated rings. The number of hydrogen-bond donors (Lipinski definition) is 1. The van der Waals surface area contributed by atoms with Gasteiger partial charge in [-0.2, -0.15) is 0 Å². The van der Waals surface area contributed by atoms with Gasteiger partial charge in [-0.15, -0.1) is 0 Å². The van der Waals surface area contributed by atoms with Crippen molar-refractivity contribution in [2.24, 2.45) is 0 Å². The lowest BCUT2D eigenvalue weighted by atomic mass is 10.1. The van der Waals surface area contributed by atoms with Crippen LogP contribution in [0.25, 0.3) is 10.8 Å². The molecule has 0 unspecified atom stereocenters. The van der Waals surface area contributed by atoms with E-state index in [2.05, 4.69) is 4.98 Å². The second-order valence-corrected chi connectivity index (χ2v) is 5.00. The van der Waals surface area contributed by atoms with Gasteiger partial charge in [-0.05, 0) is 17.9 Å². The molecule has 2 aromatic rings. The number of carbonyl (C=O) groups is 2. The van der Waals surface area contributed by atoms with Crippen molar-refractivity contribution in [2.75, 3.05) is 13.1 Å². The van der Waals surface area contributed by atoms with Gasteiger partial charge in [-0.1, -0.05) is 42.8 Å². The molecule has 0 aliphatic carbocycles. The lowest BCUT2D eigenvalue weighted by molar-refractivity contribution is -0.137. The van der Waals surface area contributed by atoms with Crippen LogP contribution in [0.15, 0.2) is 30.3 Å². The molecule has 0 aliphatic heterocycles. The maximum absolute atomic E-state index is 12.4. The predicted molar refractivity (Wildman–Crippen MR) is 80.6 cm³/mol. The first-order chi connectivity index (χ1) is 10.0. The second-order valence-electron chi connectivity index (χ2n) is 4.64. The van der Waals surface area contributed by atoms with Crippen LogP contribution in [0, 0.1) is 0 Å². The van der Waals surface area contributed by atoms with Crippen LogP contribution in [0.1, 0.15) is 23.8 Å². The van der Waals surface area contributed by atoms with Crippen molar-refractivity contribution in [3.63, 3.8) is 0 Å². The monoisotopic (exact) mass is 306 g/mol. The summed E-state index contributed by atoms with van der Waals surface area (Å²) in [5.41, 5.74) is 0.161. The number of aliphatic carboxylic acids is 1. The molecule has 1 amide bonds. The van der Waals surface area contributed by atoms with E-state index in [1.807, 2.05) is 31.2 Å². The molecule has 0 aliphatic rings. The summed E-state index contributed by atoms with van der Waals surface area (Å²) in [5, 5.41) is 10.7. The zero-order valence-electron chi connectivity index (χ0n) is 11.5. The first-order valence-electron chi connectivity index (χ1n) is 6.59. The van der Waals surface area contributed by atoms with E-state index in [9.17, 15) is 9.59 Å². The summed E-state index contributed by atoms with van der Waals surface area (Å²) in [7, 11) is 0. The van der Waals surface area contributed by atoms with Crippen LogP contribution in [-0.2, 0) is 4.79 Å². The average molecular weight is 307 g/mol. The van der Waals surface area contributed by atoms with Gasteiger partial charge in [0.1, 0.15) is 17.4 Å². The molecule has 0 spiro atoms. The number of amides is 1. The molecule has 5 nitrogen and oxygen atoms in total. The van der Waals surface area contributed by atoms with Crippen molar-refractivity contribution in [2.45, 2.75) is 13.3 Å². The Morgan fingerprint density at radius 3 is 2.71 bits per heavy atom. The molecule has 0 bridgehead atoms. The van der Waals surface area contributed by atoms with E-state index < -0.39 is 11.9 Å². The first-order valence-corrected chi connectivity index (χ1v) is 6.97. The largest absolute Gasteiger partial charge is 0.480 e. The third kappa shape index (κ3) is 3.49. The molecule has 0 radical (unpaired) electrons. The number of carboxylic acids is 1. The average Bonchev–Trinajstić information content (AvgIpc) is 2.45. The topological polar surface area (TPSA) is 70.5 Å². The third-order valence-electron chi connectivity index (χ3n) is 3.02. The molecule has 1 aromatic heterocycles. The van der Waals surface area contributed by atoms with E-state index in [-0.39, 0.29) is 17.4 Å². The van der Waals surface area contributed by atoms with Gasteiger partial charge < -0.3 is 10.0 Å². The number of nitrogens with zero attached hydrogens (tertiary/aromatic N) is 2. The Morgan fingerprint density at radius 2 is 2.05 bits per heavy atom. The first kappa shape index (κ1) is 15.3. The predicted octanol–water partition coefficient (Wildman–Crippen LogP) is 2.83. The van der Waals surface area contributed by atoms with Gasteiger partial charge in [-0.3, -0.25) is 9.59 Å². The number of benzene rings is 1. The molecule has 0 saturated carbocycles. The number of carbonyl (C=O) groups excluding carboxylic acids is 1. The van der Waals surface area contributed by atoms with Gasteiger partial charge >= 0.3 is 5.97 Å². The van der Waals surface area contributed by atoms with Gasteiger partial charge in [0, 0.05) is 11.9 Å². The van der Waals surface area contributed by atoms with Crippen molar-refractivity contribution < 1.29 is 14.7 Å². The molecular formula is C15H15ClN2O3. The van der Waals surface area contributed by atoms with Crippen molar-refractivity contribution >= 4 is 34.2 Å². The van der Waals surface area contributed by atoms with Crippen LogP contribution in [0.4, 0.5) is 0 Å². The fraction of sp³-hybridized carbons (Fsp3) is 0.267. The number of fused-ring (bicyclic) bond motifs is 1. The fourth-order valence-electron chi connectivity index (χ4n) is 2.11. The number of rotatable bonds is 5. The Hall–Kier alpha value is -2.14. The van der Waals surface area contributed by atoms with Gasteiger partial charge in [0.2, 0.25) is 0 Å². The highest BCUT2D eigenvalue weighted by molar-refractivity contribution is 6.34. The third-order valence-corrected chi connectivity index (χ3v) is 3.31. The van der Waals surface area contributed by atoms with Crippen molar-refractivity contribution in [1.82, 2.24) is 9.88 Å². The lowest BCUT2D eigenvalue weighted by Crippen LogP contribution is -2.36. The van der Waals surface area contributed by atoms with E-state index in [1.54, 1.807) is 6.07 Å². The number of pyridine rings is 1. The number of aromatic nitrogens is 1. The number of hydrogen-bond acceptors (Lipinski definition) is 3. The minimum absolute atomic E-state index is 0.161. The Balaban J connectivity index is 2.39. The van der Waals surface area contributed by atoms with Crippen LogP contribution in [0.3, 0.4) is 0 Å². The second kappa shape index (κ2) is 6.54. The molecule has 6 heteroatoms. The summed E-state index contributed by atoms with van der Waals surface area (Å²) in [6.07, 6.45) is 0.667. The quantitative estimate of drug-likeness (QED) is 0.862. The molecule has 1 heterocycles. The van der Waals surface area contributed by atoms with Gasteiger partial charge in [0.15, 0.2) is 0 Å². The summed E-state index contributed by atoms with van der Waals surface area (Å²) in [5.74, 6) is -1.48. The summed E-state index contributed by atoms with van der Waals surface area (Å²) in [6, 6.07) is 8.97. The van der Waals surface area contributed by atoms with E-state index >= 15 is 0 Å². The molecule has 110 valence electrons. The van der Waals surface area contributed by atoms with Crippen LogP contribution in [0.5, 0.6) is 0 Å². The van der Waals surface area contributed by atoms with Crippen molar-refractivity contribution in [3.8, 4) is 0 Å². The maximum Gasteiger partial charge on any atom is 0.323 e. The number of carboxylic acid groups (broad SMARTS) is 1. The van der Waals surface area contributed by atoms with Crippen LogP contribution >= 0.6 is 11.6 Å². The Morgan fingerprint density at radius 1 is 1.33 bits per heavy atom. The highest BCUT2D eigenvalue weighted by atomic mass is 35.5. The van der Waals surface area contributed by atoms with Crippen LogP contribution < -0.4 is 0 Å². The zero-order valence-corrected chi connectivity index (χ0v) is 12.3. The minimum atomic E-state index is -1.05. The van der Waals surface area contributed by atoms with Crippen molar-refractivity contribution in [1.29, 1.82) is 0 Å². The molecule has 21 heavy (non-hydrogen) atoms. The van der Waals surface area contributed by atoms with Gasteiger partial charge in [-0.25, -0.2) is 4.98 Å². The van der Waals surface area contributed by atoms with Gasteiger partial charge in [0.25, 0.3) is 5.91 Å². The zero-order chi connectivity index (χ0) is 15.4. The number of halogens is 1. The smallest absolute Gasteiger partial charge is 0.323 e. The molecule has 2 rings (SSSR count). The lowest BCUT2D eigenvalue weighted by Gasteiger charge is -2.19. The fourth-order valence-corrected chi connectivity index (χ4v) is 2.38. The summed E-state index contributed by atoms with van der Waals surface area (Å²) in [6.45, 7) is 1.89. The summed E-state index contributed by atoms with van der Waals surface area (Å²) < 4.78 is 0. The van der Waals surface area contributed by atoms with E-state index in [4.69, 9.17) is 16.7 Å². The standard InChI is InChI=1S/C15H15ClN2O3/c1-2-7-18(9-13(19)20)15(21)12-8-10-5-3-4-6-11(10)14(16)17-12/h3-6,8H,2,7,9H2,1H3,(H,19,20). The Bertz CT molecular complexity index is 688. The van der Waals surface area contributed by atoms with Gasteiger partial charge in [0.05, 0.1) is 0 Å². The van der Waals surface area contributed by atoms with E-state index in [0.29, 0.717) is 13.0 Å². The Kier molecular flexibility index (Phi) is 4.75. The molecule has 1 N–H and O–H groups in total. The van der Waals surface area contributed by atoms with Crippen LogP contribution in [-0.4, -0.2) is 40.0 Å². The minimum Gasteiger partial charge on any atom is -0.480 e. The summed E-state index contributed by atoms with van der Waals surface area (Å²) in [4.78, 5) is 28.6. The highest BCUT2D eigenvalue weighted by Gasteiger charge is 2.20. The molecular weight excluding hydrogens is 292 g/mol. The maximum atomic E-state index is 12.4. The Labute approximate surface area is 127 Å². The molecule has 0 saturated heterocycles. The normalized spacial score (nSPS) is 10.6. The molecule has 0 atom stereocenters. The van der Waals surface area contributed by atoms with E-state index in [1.165, 1.54) is 4.90 Å². The van der Waals surface area contributed by atoms with E-state index in [0.717, 1.165) is 10.8 Å². The SMILES string of the molecule is CCCN(CC(=O)O)C(=O)c1cc2ccccc2c(Cl)n1.